The van der Waals surface area contributed by atoms with Crippen LogP contribution in [0.25, 0.3) is 0 Å². The standard InChI is InChI=1S/C13H16N4O/c1-9-4-5-11(6-12(9)17(2)3)16-13(18)10-7-14-15-8-10/h4-8H,1-3H3,(H,14,15)(H,16,18). The molecule has 0 radical (unpaired) electrons. The van der Waals surface area contributed by atoms with Crippen LogP contribution in [0.15, 0.2) is 30.6 Å². The lowest BCUT2D eigenvalue weighted by molar-refractivity contribution is 0.102. The Morgan fingerprint density at radius 3 is 2.78 bits per heavy atom. The SMILES string of the molecule is Cc1ccc(NC(=O)c2cn[nH]c2)cc1N(C)C. The zero-order chi connectivity index (χ0) is 13.1. The summed E-state index contributed by atoms with van der Waals surface area (Å²) in [7, 11) is 3.95. The minimum atomic E-state index is -0.169. The van der Waals surface area contributed by atoms with Gasteiger partial charge in [-0.15, -0.1) is 0 Å². The van der Waals surface area contributed by atoms with Crippen molar-refractivity contribution in [2.45, 2.75) is 6.92 Å². The summed E-state index contributed by atoms with van der Waals surface area (Å²) < 4.78 is 0. The number of anilines is 2. The Labute approximate surface area is 106 Å². The predicted octanol–water partition coefficient (Wildman–Crippen LogP) is 2.04. The highest BCUT2D eigenvalue weighted by Gasteiger charge is 2.08. The number of aryl methyl sites for hydroxylation is 1. The van der Waals surface area contributed by atoms with Gasteiger partial charge in [0.15, 0.2) is 0 Å². The number of rotatable bonds is 3. The molecule has 0 unspecified atom stereocenters. The smallest absolute Gasteiger partial charge is 0.258 e. The predicted molar refractivity (Wildman–Crippen MR) is 72.0 cm³/mol. The van der Waals surface area contributed by atoms with Crippen LogP contribution < -0.4 is 10.2 Å². The van der Waals surface area contributed by atoms with E-state index in [4.69, 9.17) is 0 Å². The highest BCUT2D eigenvalue weighted by atomic mass is 16.1. The van der Waals surface area contributed by atoms with Crippen LogP contribution in [0, 0.1) is 6.92 Å². The zero-order valence-corrected chi connectivity index (χ0v) is 10.7. The number of nitrogens with zero attached hydrogens (tertiary/aromatic N) is 2. The van der Waals surface area contributed by atoms with Gasteiger partial charge in [-0.1, -0.05) is 6.07 Å². The van der Waals surface area contributed by atoms with Gasteiger partial charge in [-0.05, 0) is 24.6 Å². The summed E-state index contributed by atoms with van der Waals surface area (Å²) in [5, 5.41) is 9.21. The maximum absolute atomic E-state index is 11.9. The van der Waals surface area contributed by atoms with Crippen LogP contribution in [0.4, 0.5) is 11.4 Å². The molecule has 0 saturated heterocycles. The molecule has 0 aliphatic rings. The molecular weight excluding hydrogens is 228 g/mol. The molecule has 1 amide bonds. The third-order valence-electron chi connectivity index (χ3n) is 2.71. The largest absolute Gasteiger partial charge is 0.377 e. The maximum atomic E-state index is 11.9. The van der Waals surface area contributed by atoms with Crippen LogP contribution in [0.2, 0.25) is 0 Å². The first kappa shape index (κ1) is 12.2. The Balaban J connectivity index is 2.20. The van der Waals surface area contributed by atoms with Crippen molar-refractivity contribution in [2.75, 3.05) is 24.3 Å². The molecule has 0 spiro atoms. The van der Waals surface area contributed by atoms with E-state index in [-0.39, 0.29) is 5.91 Å². The van der Waals surface area contributed by atoms with Crippen molar-refractivity contribution in [2.24, 2.45) is 0 Å². The number of nitrogens with one attached hydrogen (secondary N) is 2. The molecular formula is C13H16N4O. The van der Waals surface area contributed by atoms with Crippen molar-refractivity contribution in [1.82, 2.24) is 10.2 Å². The number of aromatic amines is 1. The second-order valence-corrected chi connectivity index (χ2v) is 4.34. The van der Waals surface area contributed by atoms with E-state index in [1.54, 1.807) is 6.20 Å². The number of hydrogen-bond acceptors (Lipinski definition) is 3. The summed E-state index contributed by atoms with van der Waals surface area (Å²) in [5.74, 6) is -0.169. The Morgan fingerprint density at radius 1 is 1.39 bits per heavy atom. The number of hydrogen-bond donors (Lipinski definition) is 2. The number of carbonyl (C=O) groups is 1. The fourth-order valence-corrected chi connectivity index (χ4v) is 1.75. The second-order valence-electron chi connectivity index (χ2n) is 4.34. The minimum Gasteiger partial charge on any atom is -0.377 e. The molecule has 2 aromatic rings. The Kier molecular flexibility index (Phi) is 3.32. The molecule has 0 saturated carbocycles. The van der Waals surface area contributed by atoms with Gasteiger partial charge in [-0.3, -0.25) is 9.89 Å². The van der Waals surface area contributed by atoms with Crippen molar-refractivity contribution >= 4 is 17.3 Å². The molecule has 2 rings (SSSR count). The van der Waals surface area contributed by atoms with Crippen molar-refractivity contribution < 1.29 is 4.79 Å². The van der Waals surface area contributed by atoms with Crippen LogP contribution >= 0.6 is 0 Å². The minimum absolute atomic E-state index is 0.169. The van der Waals surface area contributed by atoms with Gasteiger partial charge in [0.05, 0.1) is 11.8 Å². The normalized spacial score (nSPS) is 10.2. The van der Waals surface area contributed by atoms with Gasteiger partial charge in [-0.2, -0.15) is 5.10 Å². The quantitative estimate of drug-likeness (QED) is 0.868. The highest BCUT2D eigenvalue weighted by Crippen LogP contribution is 2.22. The molecule has 0 aliphatic heterocycles. The number of benzene rings is 1. The lowest BCUT2D eigenvalue weighted by Crippen LogP contribution is -2.13. The van der Waals surface area contributed by atoms with Crippen LogP contribution in [0.1, 0.15) is 15.9 Å². The van der Waals surface area contributed by atoms with E-state index in [0.717, 1.165) is 11.4 Å². The summed E-state index contributed by atoms with van der Waals surface area (Å²) in [6.45, 7) is 2.04. The number of H-pyrrole nitrogens is 1. The average Bonchev–Trinajstić information content (AvgIpc) is 2.85. The summed E-state index contributed by atoms with van der Waals surface area (Å²) in [4.78, 5) is 13.9. The highest BCUT2D eigenvalue weighted by molar-refractivity contribution is 6.04. The summed E-state index contributed by atoms with van der Waals surface area (Å²) in [6, 6.07) is 5.83. The van der Waals surface area contributed by atoms with E-state index >= 15 is 0 Å². The van der Waals surface area contributed by atoms with Gasteiger partial charge in [0.1, 0.15) is 0 Å². The monoisotopic (exact) mass is 244 g/mol. The van der Waals surface area contributed by atoms with Crippen LogP contribution in [-0.4, -0.2) is 30.2 Å². The number of amides is 1. The molecule has 1 aromatic heterocycles. The van der Waals surface area contributed by atoms with E-state index in [2.05, 4.69) is 15.5 Å². The Bertz CT molecular complexity index is 546. The molecule has 1 heterocycles. The molecule has 0 atom stereocenters. The molecule has 1 aromatic carbocycles. The van der Waals surface area contributed by atoms with E-state index in [0.29, 0.717) is 5.56 Å². The molecule has 5 heteroatoms. The molecule has 5 nitrogen and oxygen atoms in total. The summed E-state index contributed by atoms with van der Waals surface area (Å²) in [5.41, 5.74) is 3.54. The Hall–Kier alpha value is -2.30. The van der Waals surface area contributed by atoms with Gasteiger partial charge >= 0.3 is 0 Å². The zero-order valence-electron chi connectivity index (χ0n) is 10.7. The van der Waals surface area contributed by atoms with Crippen molar-refractivity contribution in [1.29, 1.82) is 0 Å². The average molecular weight is 244 g/mol. The van der Waals surface area contributed by atoms with Crippen molar-refractivity contribution in [3.8, 4) is 0 Å². The maximum Gasteiger partial charge on any atom is 0.258 e. The fourth-order valence-electron chi connectivity index (χ4n) is 1.75. The van der Waals surface area contributed by atoms with Crippen LogP contribution in [0.5, 0.6) is 0 Å². The Morgan fingerprint density at radius 2 is 2.17 bits per heavy atom. The van der Waals surface area contributed by atoms with Gasteiger partial charge in [0.25, 0.3) is 5.91 Å². The second kappa shape index (κ2) is 4.91. The van der Waals surface area contributed by atoms with Gasteiger partial charge in [0.2, 0.25) is 0 Å². The fraction of sp³-hybridized carbons (Fsp3) is 0.231. The van der Waals surface area contributed by atoms with Crippen LogP contribution in [0.3, 0.4) is 0 Å². The van der Waals surface area contributed by atoms with Gasteiger partial charge in [0, 0.05) is 31.7 Å². The molecule has 94 valence electrons. The first-order chi connectivity index (χ1) is 8.58. The molecule has 0 fully saturated rings. The van der Waals surface area contributed by atoms with E-state index in [1.165, 1.54) is 11.8 Å². The molecule has 2 N–H and O–H groups in total. The third-order valence-corrected chi connectivity index (χ3v) is 2.71. The third kappa shape index (κ3) is 2.51. The van der Waals surface area contributed by atoms with Crippen LogP contribution in [-0.2, 0) is 0 Å². The van der Waals surface area contributed by atoms with Crippen molar-refractivity contribution in [3.63, 3.8) is 0 Å². The van der Waals surface area contributed by atoms with E-state index < -0.39 is 0 Å². The molecule has 18 heavy (non-hydrogen) atoms. The number of carbonyl (C=O) groups excluding carboxylic acids is 1. The molecule has 0 aliphatic carbocycles. The first-order valence-corrected chi connectivity index (χ1v) is 5.66. The van der Waals surface area contributed by atoms with Crippen molar-refractivity contribution in [3.05, 3.63) is 41.7 Å². The van der Waals surface area contributed by atoms with Gasteiger partial charge < -0.3 is 10.2 Å². The lowest BCUT2D eigenvalue weighted by atomic mass is 10.1. The summed E-state index contributed by atoms with van der Waals surface area (Å²) >= 11 is 0. The van der Waals surface area contributed by atoms with E-state index in [1.807, 2.05) is 44.1 Å². The lowest BCUT2D eigenvalue weighted by Gasteiger charge is -2.17. The first-order valence-electron chi connectivity index (χ1n) is 5.66. The van der Waals surface area contributed by atoms with Gasteiger partial charge in [-0.25, -0.2) is 0 Å². The summed E-state index contributed by atoms with van der Waals surface area (Å²) in [6.07, 6.45) is 3.06. The molecule has 0 bridgehead atoms. The number of aromatic nitrogens is 2. The topological polar surface area (TPSA) is 61.0 Å². The van der Waals surface area contributed by atoms with E-state index in [9.17, 15) is 4.79 Å².